The van der Waals surface area contributed by atoms with Crippen molar-refractivity contribution in [2.24, 2.45) is 7.05 Å². The Morgan fingerprint density at radius 1 is 1.10 bits per heavy atom. The van der Waals surface area contributed by atoms with Crippen molar-refractivity contribution in [1.29, 1.82) is 0 Å². The van der Waals surface area contributed by atoms with Crippen LogP contribution >= 0.6 is 0 Å². The number of ketones is 1. The third-order valence-corrected chi connectivity index (χ3v) is 6.51. The van der Waals surface area contributed by atoms with Gasteiger partial charge in [-0.25, -0.2) is 19.3 Å². The maximum absolute atomic E-state index is 13.2. The minimum atomic E-state index is -0.925. The second-order valence-electron chi connectivity index (χ2n) is 9.53. The maximum Gasteiger partial charge on any atom is 0.184 e. The number of rotatable bonds is 12. The number of Topliss-reactive ketones (excluding diaryl/α,β-unsaturated/α-hetero) is 1. The molecule has 210 valence electrons. The Bertz CT molecular complexity index is 1450. The first-order chi connectivity index (χ1) is 19.2. The molecular weight excluding hydrogens is 511 g/mol. The zero-order valence-electron chi connectivity index (χ0n) is 23.6. The van der Waals surface area contributed by atoms with Crippen molar-refractivity contribution in [2.45, 2.75) is 39.4 Å². The van der Waals surface area contributed by atoms with Gasteiger partial charge in [0.25, 0.3) is 0 Å². The highest BCUT2D eigenvalue weighted by Crippen LogP contribution is 2.40. The monoisotopic (exact) mass is 546 g/mol. The van der Waals surface area contributed by atoms with E-state index in [4.69, 9.17) is 4.74 Å². The normalized spacial score (nSPS) is 12.6. The fraction of sp³-hybridized carbons (Fsp3) is 0.345. The summed E-state index contributed by atoms with van der Waals surface area (Å²) in [5.41, 5.74) is 3.56. The summed E-state index contributed by atoms with van der Waals surface area (Å²) >= 11 is 0. The number of carbonyl (C=O) groups excluding carboxylic acids is 1. The fourth-order valence-corrected chi connectivity index (χ4v) is 4.29. The number of hydrogen-bond donors (Lipinski definition) is 2. The first-order valence-electron chi connectivity index (χ1n) is 13.1. The van der Waals surface area contributed by atoms with Crippen LogP contribution in [0.15, 0.2) is 55.1 Å². The van der Waals surface area contributed by atoms with Crippen molar-refractivity contribution in [3.8, 4) is 17.1 Å². The van der Waals surface area contributed by atoms with Gasteiger partial charge in [0.15, 0.2) is 17.4 Å². The Balaban J connectivity index is 1.66. The summed E-state index contributed by atoms with van der Waals surface area (Å²) in [7, 11) is 5.28. The molecule has 3 heterocycles. The molecule has 4 aromatic rings. The second-order valence-corrected chi connectivity index (χ2v) is 9.53. The van der Waals surface area contributed by atoms with E-state index in [0.29, 0.717) is 40.9 Å². The summed E-state index contributed by atoms with van der Waals surface area (Å²) in [6.45, 7) is 5.58. The number of benzene rings is 1. The van der Waals surface area contributed by atoms with Crippen LogP contribution in [0.4, 0.5) is 27.4 Å². The van der Waals surface area contributed by atoms with Gasteiger partial charge >= 0.3 is 0 Å². The number of carbonyl (C=O) groups is 1. The molecule has 2 atom stereocenters. The van der Waals surface area contributed by atoms with Crippen LogP contribution in [-0.2, 0) is 7.05 Å². The van der Waals surface area contributed by atoms with E-state index >= 15 is 0 Å². The number of nitrogens with one attached hydrogen (secondary N) is 2. The van der Waals surface area contributed by atoms with Crippen LogP contribution in [-0.4, -0.2) is 57.4 Å². The average molecular weight is 547 g/mol. The van der Waals surface area contributed by atoms with Crippen LogP contribution in [0.5, 0.6) is 5.75 Å². The maximum atomic E-state index is 13.2. The topological polar surface area (TPSA) is 110 Å². The number of methoxy groups -OCH3 is 1. The molecule has 4 rings (SSSR count). The van der Waals surface area contributed by atoms with Crippen molar-refractivity contribution in [3.63, 3.8) is 0 Å². The molecular formula is C29H35FN8O2. The minimum absolute atomic E-state index is 0.0334. The van der Waals surface area contributed by atoms with Gasteiger partial charge in [-0.3, -0.25) is 9.48 Å². The van der Waals surface area contributed by atoms with E-state index in [1.54, 1.807) is 37.6 Å². The number of aryl methyl sites for hydroxylation is 1. The lowest BCUT2D eigenvalue weighted by molar-refractivity contribution is 0.0988. The molecule has 0 aliphatic carbocycles. The lowest BCUT2D eigenvalue weighted by Crippen LogP contribution is -2.25. The van der Waals surface area contributed by atoms with Gasteiger partial charge in [0.1, 0.15) is 24.1 Å². The number of hydrogen-bond acceptors (Lipinski definition) is 9. The first kappa shape index (κ1) is 28.6. The molecule has 0 aliphatic rings. The summed E-state index contributed by atoms with van der Waals surface area (Å²) < 4.78 is 20.6. The lowest BCUT2D eigenvalue weighted by atomic mass is 10.1. The molecule has 0 bridgehead atoms. The molecule has 0 aliphatic heterocycles. The lowest BCUT2D eigenvalue weighted by Gasteiger charge is -2.25. The summed E-state index contributed by atoms with van der Waals surface area (Å²) in [5.74, 6) is 2.20. The van der Waals surface area contributed by atoms with Crippen LogP contribution in [0.3, 0.4) is 0 Å². The van der Waals surface area contributed by atoms with Gasteiger partial charge in [-0.1, -0.05) is 19.1 Å². The summed E-state index contributed by atoms with van der Waals surface area (Å²) in [5, 5.41) is 10.8. The highest BCUT2D eigenvalue weighted by Gasteiger charge is 2.22. The van der Waals surface area contributed by atoms with Crippen molar-refractivity contribution in [2.75, 3.05) is 30.9 Å². The number of aromatic nitrogens is 5. The van der Waals surface area contributed by atoms with Gasteiger partial charge in [0.05, 0.1) is 29.6 Å². The summed E-state index contributed by atoms with van der Waals surface area (Å²) in [6.07, 6.45) is 4.36. The molecule has 10 nitrogen and oxygen atoms in total. The predicted molar refractivity (Wildman–Crippen MR) is 154 cm³/mol. The zero-order valence-corrected chi connectivity index (χ0v) is 23.6. The Hall–Kier alpha value is -4.38. The molecule has 0 spiro atoms. The van der Waals surface area contributed by atoms with E-state index in [-0.39, 0.29) is 18.4 Å². The number of anilines is 4. The molecule has 0 amide bonds. The highest BCUT2D eigenvalue weighted by atomic mass is 19.1. The van der Waals surface area contributed by atoms with Gasteiger partial charge in [-0.05, 0) is 37.6 Å². The van der Waals surface area contributed by atoms with Crippen molar-refractivity contribution in [1.82, 2.24) is 30.0 Å². The van der Waals surface area contributed by atoms with E-state index < -0.39 is 6.17 Å². The Labute approximate surface area is 233 Å². The van der Waals surface area contributed by atoms with E-state index in [1.807, 2.05) is 62.2 Å². The van der Waals surface area contributed by atoms with Crippen molar-refractivity contribution >= 4 is 28.8 Å². The van der Waals surface area contributed by atoms with Gasteiger partial charge in [-0.2, -0.15) is 5.10 Å². The molecule has 2 N–H and O–H groups in total. The van der Waals surface area contributed by atoms with Gasteiger partial charge in [0, 0.05) is 51.6 Å². The van der Waals surface area contributed by atoms with Gasteiger partial charge in [0.2, 0.25) is 0 Å². The molecule has 11 heteroatoms. The fourth-order valence-electron chi connectivity index (χ4n) is 4.29. The number of halogens is 1. The number of pyridine rings is 2. The summed E-state index contributed by atoms with van der Waals surface area (Å²) in [6, 6.07) is 11.3. The standard InChI is InChI=1S/C29H35FN8O2/c1-7-25(39)22-16-33-27(35-26-12-11-20(15-32-26)19(3)31-14-18(2)30)13-24(22)38(5)23-10-8-9-21(28(23)40-6)29-34-17-37(4)36-29/h8-13,15-19,31H,7,14H2,1-6H3,(H,32,33,35). The van der Waals surface area contributed by atoms with Crippen molar-refractivity contribution < 1.29 is 13.9 Å². The third-order valence-electron chi connectivity index (χ3n) is 6.51. The SMILES string of the molecule is CCC(=O)c1cnc(Nc2ccc(C(C)NCC(C)F)cn2)cc1N(C)c1cccc(-c2ncn(C)n2)c1OC. The third kappa shape index (κ3) is 6.42. The molecule has 3 aromatic heterocycles. The highest BCUT2D eigenvalue weighted by molar-refractivity contribution is 6.02. The molecule has 2 unspecified atom stereocenters. The van der Waals surface area contributed by atoms with Crippen LogP contribution in [0.1, 0.15) is 49.2 Å². The largest absolute Gasteiger partial charge is 0.494 e. The minimum Gasteiger partial charge on any atom is -0.494 e. The molecule has 0 fully saturated rings. The van der Waals surface area contributed by atoms with E-state index in [0.717, 1.165) is 16.8 Å². The Morgan fingerprint density at radius 3 is 2.50 bits per heavy atom. The summed E-state index contributed by atoms with van der Waals surface area (Å²) in [4.78, 5) is 28.2. The molecule has 1 aromatic carbocycles. The van der Waals surface area contributed by atoms with Crippen LogP contribution < -0.4 is 20.3 Å². The molecule has 0 saturated heterocycles. The van der Waals surface area contributed by atoms with E-state index in [1.165, 1.54) is 6.92 Å². The van der Waals surface area contributed by atoms with E-state index in [9.17, 15) is 9.18 Å². The smallest absolute Gasteiger partial charge is 0.184 e. The van der Waals surface area contributed by atoms with E-state index in [2.05, 4.69) is 30.7 Å². The second kappa shape index (κ2) is 12.6. The van der Waals surface area contributed by atoms with Gasteiger partial charge in [-0.15, -0.1) is 0 Å². The molecule has 0 radical (unpaired) electrons. The number of para-hydroxylation sites is 1. The van der Waals surface area contributed by atoms with Crippen LogP contribution in [0, 0.1) is 0 Å². The van der Waals surface area contributed by atoms with Gasteiger partial charge < -0.3 is 20.3 Å². The van der Waals surface area contributed by atoms with Crippen LogP contribution in [0.2, 0.25) is 0 Å². The van der Waals surface area contributed by atoms with Crippen molar-refractivity contribution in [3.05, 3.63) is 66.2 Å². The predicted octanol–water partition coefficient (Wildman–Crippen LogP) is 5.39. The number of alkyl halides is 1. The number of ether oxygens (including phenoxy) is 1. The average Bonchev–Trinajstić information content (AvgIpc) is 3.40. The molecule has 0 saturated carbocycles. The number of nitrogens with zero attached hydrogens (tertiary/aromatic N) is 6. The van der Waals surface area contributed by atoms with Crippen LogP contribution in [0.25, 0.3) is 11.4 Å². The Kier molecular flexibility index (Phi) is 9.05. The first-order valence-corrected chi connectivity index (χ1v) is 13.1. The Morgan fingerprint density at radius 2 is 1.88 bits per heavy atom. The zero-order chi connectivity index (χ0) is 28.8. The quantitative estimate of drug-likeness (QED) is 0.226. The molecule has 40 heavy (non-hydrogen) atoms.